The van der Waals surface area contributed by atoms with Crippen molar-refractivity contribution in [2.45, 2.75) is 19.9 Å². The number of rotatable bonds is 5. The molecule has 0 N–H and O–H groups in total. The average Bonchev–Trinajstić information content (AvgIpc) is 3.35. The Morgan fingerprint density at radius 1 is 1.39 bits per heavy atom. The predicted molar refractivity (Wildman–Crippen MR) is 112 cm³/mol. The summed E-state index contributed by atoms with van der Waals surface area (Å²) in [5.74, 6) is -0.126. The van der Waals surface area contributed by atoms with Gasteiger partial charge in [0, 0.05) is 18.2 Å². The molecular weight excluding hydrogens is 422 g/mol. The van der Waals surface area contributed by atoms with E-state index in [9.17, 15) is 19.7 Å². The number of nitrogens with zero attached hydrogens (tertiary/aromatic N) is 3. The second-order valence-electron chi connectivity index (χ2n) is 6.67. The molecule has 1 aromatic carbocycles. The van der Waals surface area contributed by atoms with Crippen molar-refractivity contribution in [1.29, 1.82) is 0 Å². The molecule has 1 atom stereocenters. The van der Waals surface area contributed by atoms with Gasteiger partial charge in [0.2, 0.25) is 0 Å². The van der Waals surface area contributed by atoms with E-state index in [1.807, 2.05) is 0 Å². The lowest BCUT2D eigenvalue weighted by Gasteiger charge is -2.24. The number of non-ortho nitro benzene ring substituents is 1. The molecule has 0 amide bonds. The van der Waals surface area contributed by atoms with Gasteiger partial charge in [0.05, 0.1) is 39.6 Å². The topological polar surface area (TPSA) is 117 Å². The number of furan rings is 1. The lowest BCUT2D eigenvalue weighted by molar-refractivity contribution is -0.384. The van der Waals surface area contributed by atoms with Crippen LogP contribution in [0.2, 0.25) is 0 Å². The molecule has 3 aromatic rings. The third kappa shape index (κ3) is 3.73. The fourth-order valence-electron chi connectivity index (χ4n) is 3.42. The minimum Gasteiger partial charge on any atom is -0.465 e. The van der Waals surface area contributed by atoms with E-state index in [2.05, 4.69) is 4.99 Å². The van der Waals surface area contributed by atoms with Crippen molar-refractivity contribution >= 4 is 29.1 Å². The van der Waals surface area contributed by atoms with Crippen LogP contribution in [0.5, 0.6) is 0 Å². The molecule has 4 rings (SSSR count). The summed E-state index contributed by atoms with van der Waals surface area (Å²) < 4.78 is 12.2. The van der Waals surface area contributed by atoms with Gasteiger partial charge in [0.15, 0.2) is 4.80 Å². The Morgan fingerprint density at radius 3 is 2.87 bits per heavy atom. The summed E-state index contributed by atoms with van der Waals surface area (Å²) in [6.07, 6.45) is 3.09. The fourth-order valence-corrected chi connectivity index (χ4v) is 4.44. The van der Waals surface area contributed by atoms with E-state index < -0.39 is 16.9 Å². The highest BCUT2D eigenvalue weighted by Crippen LogP contribution is 2.32. The number of aromatic nitrogens is 1. The van der Waals surface area contributed by atoms with Gasteiger partial charge in [0.25, 0.3) is 11.2 Å². The SMILES string of the molecule is CCOC(=O)C1=C(C)N=c2s/c(=C\c3ccco3)c(=O)n2[C@@H]1c1cccc([N+](=O)[O-])c1. The summed E-state index contributed by atoms with van der Waals surface area (Å²) in [5.41, 5.74) is 0.441. The number of nitro benzene ring substituents is 1. The van der Waals surface area contributed by atoms with E-state index in [-0.39, 0.29) is 23.4 Å². The molecule has 0 radical (unpaired) electrons. The highest BCUT2D eigenvalue weighted by molar-refractivity contribution is 7.07. The van der Waals surface area contributed by atoms with Crippen LogP contribution in [0.1, 0.15) is 31.2 Å². The van der Waals surface area contributed by atoms with E-state index in [0.717, 1.165) is 11.3 Å². The zero-order valence-electron chi connectivity index (χ0n) is 16.6. The number of carbonyl (C=O) groups excluding carboxylic acids is 1. The maximum absolute atomic E-state index is 13.3. The van der Waals surface area contributed by atoms with Crippen LogP contribution < -0.4 is 14.9 Å². The summed E-state index contributed by atoms with van der Waals surface area (Å²) in [7, 11) is 0. The van der Waals surface area contributed by atoms with Crippen LogP contribution in [0.3, 0.4) is 0 Å². The molecule has 0 unspecified atom stereocenters. The summed E-state index contributed by atoms with van der Waals surface area (Å²) in [5, 5.41) is 11.3. The van der Waals surface area contributed by atoms with Crippen molar-refractivity contribution in [2.75, 3.05) is 6.61 Å². The zero-order valence-corrected chi connectivity index (χ0v) is 17.4. The lowest BCUT2D eigenvalue weighted by atomic mass is 9.95. The fraction of sp³-hybridized carbons (Fsp3) is 0.190. The van der Waals surface area contributed by atoms with Crippen LogP contribution in [-0.4, -0.2) is 22.1 Å². The Kier molecular flexibility index (Phi) is 5.38. The van der Waals surface area contributed by atoms with Crippen molar-refractivity contribution in [2.24, 2.45) is 4.99 Å². The molecule has 0 saturated carbocycles. The second-order valence-corrected chi connectivity index (χ2v) is 7.68. The lowest BCUT2D eigenvalue weighted by Crippen LogP contribution is -2.39. The van der Waals surface area contributed by atoms with E-state index in [0.29, 0.717) is 26.4 Å². The van der Waals surface area contributed by atoms with Crippen LogP contribution >= 0.6 is 11.3 Å². The molecule has 10 heteroatoms. The molecule has 1 aliphatic rings. The van der Waals surface area contributed by atoms with Crippen molar-refractivity contribution in [1.82, 2.24) is 4.57 Å². The number of esters is 1. The monoisotopic (exact) mass is 439 g/mol. The van der Waals surface area contributed by atoms with Gasteiger partial charge >= 0.3 is 5.97 Å². The first-order chi connectivity index (χ1) is 14.9. The molecule has 9 nitrogen and oxygen atoms in total. The second kappa shape index (κ2) is 8.15. The standard InChI is InChI=1S/C21H17N3O6S/c1-3-29-20(26)17-12(2)22-21-23(18(17)13-6-4-7-14(10-13)24(27)28)19(25)16(31-21)11-15-8-5-9-30-15/h4-11,18H,3H2,1-2H3/b16-11-/t18-/m1/s1. The number of ether oxygens (including phenoxy) is 1. The molecule has 0 bridgehead atoms. The van der Waals surface area contributed by atoms with Gasteiger partial charge < -0.3 is 9.15 Å². The minimum atomic E-state index is -0.908. The van der Waals surface area contributed by atoms with E-state index >= 15 is 0 Å². The third-order valence-electron chi connectivity index (χ3n) is 4.73. The van der Waals surface area contributed by atoms with Gasteiger partial charge in [-0.2, -0.15) is 0 Å². The largest absolute Gasteiger partial charge is 0.465 e. The first kappa shape index (κ1) is 20.5. The van der Waals surface area contributed by atoms with E-state index in [1.54, 1.807) is 38.1 Å². The first-order valence-corrected chi connectivity index (χ1v) is 10.2. The maximum Gasteiger partial charge on any atom is 0.338 e. The number of allylic oxidation sites excluding steroid dienone is 1. The molecule has 1 aliphatic heterocycles. The van der Waals surface area contributed by atoms with Gasteiger partial charge in [-0.15, -0.1) is 0 Å². The number of nitro groups is 1. The molecule has 0 aliphatic carbocycles. The predicted octanol–water partition coefficient (Wildman–Crippen LogP) is 2.30. The van der Waals surface area contributed by atoms with Crippen molar-refractivity contribution < 1.29 is 18.9 Å². The van der Waals surface area contributed by atoms with Crippen LogP contribution in [-0.2, 0) is 9.53 Å². The summed E-state index contributed by atoms with van der Waals surface area (Å²) >= 11 is 1.15. The molecule has 31 heavy (non-hydrogen) atoms. The highest BCUT2D eigenvalue weighted by atomic mass is 32.1. The Labute approximate surface area is 179 Å². The van der Waals surface area contributed by atoms with Gasteiger partial charge in [-0.25, -0.2) is 9.79 Å². The molecule has 3 heterocycles. The molecule has 0 fully saturated rings. The summed E-state index contributed by atoms with van der Waals surface area (Å²) in [6.45, 7) is 3.47. The quantitative estimate of drug-likeness (QED) is 0.342. The number of hydrogen-bond donors (Lipinski definition) is 0. The number of benzene rings is 1. The summed E-state index contributed by atoms with van der Waals surface area (Å²) in [4.78, 5) is 41.7. The maximum atomic E-state index is 13.3. The molecule has 158 valence electrons. The zero-order chi connectivity index (χ0) is 22.1. The number of thiazole rings is 1. The minimum absolute atomic E-state index is 0.139. The van der Waals surface area contributed by atoms with Gasteiger partial charge in [-0.05, 0) is 31.5 Å². The van der Waals surface area contributed by atoms with Gasteiger partial charge in [-0.3, -0.25) is 19.5 Å². The normalized spacial score (nSPS) is 16.1. The van der Waals surface area contributed by atoms with Gasteiger partial charge in [-0.1, -0.05) is 23.5 Å². The van der Waals surface area contributed by atoms with Crippen molar-refractivity contribution in [3.8, 4) is 0 Å². The molecular formula is C21H17N3O6S. The first-order valence-electron chi connectivity index (χ1n) is 9.38. The Bertz CT molecular complexity index is 1380. The van der Waals surface area contributed by atoms with Crippen molar-refractivity contribution in [3.63, 3.8) is 0 Å². The molecule has 2 aromatic heterocycles. The average molecular weight is 439 g/mol. The third-order valence-corrected chi connectivity index (χ3v) is 5.71. The summed E-state index contributed by atoms with van der Waals surface area (Å²) in [6, 6.07) is 8.37. The number of carbonyl (C=O) groups is 1. The Hall–Kier alpha value is -3.79. The Morgan fingerprint density at radius 2 is 2.19 bits per heavy atom. The van der Waals surface area contributed by atoms with Gasteiger partial charge in [0.1, 0.15) is 5.76 Å². The highest BCUT2D eigenvalue weighted by Gasteiger charge is 2.34. The van der Waals surface area contributed by atoms with Crippen LogP contribution in [0.4, 0.5) is 5.69 Å². The van der Waals surface area contributed by atoms with Crippen LogP contribution in [0.15, 0.2) is 68.1 Å². The number of fused-ring (bicyclic) bond motifs is 1. The van der Waals surface area contributed by atoms with Crippen molar-refractivity contribution in [3.05, 3.63) is 95.1 Å². The van der Waals surface area contributed by atoms with Crippen LogP contribution in [0, 0.1) is 10.1 Å². The smallest absolute Gasteiger partial charge is 0.338 e. The number of hydrogen-bond acceptors (Lipinski definition) is 8. The Balaban J connectivity index is 1.99. The van der Waals surface area contributed by atoms with E-state index in [1.165, 1.54) is 29.0 Å². The molecule has 0 spiro atoms. The van der Waals surface area contributed by atoms with Crippen LogP contribution in [0.25, 0.3) is 6.08 Å². The molecule has 0 saturated heterocycles. The van der Waals surface area contributed by atoms with E-state index in [4.69, 9.17) is 9.15 Å².